The number of aromatic hydroxyl groups is 1. The highest BCUT2D eigenvalue weighted by Gasteiger charge is 1.93. The van der Waals surface area contributed by atoms with Gasteiger partial charge in [0.15, 0.2) is 5.96 Å². The number of aliphatic imine (C=N–C) groups is 1. The van der Waals surface area contributed by atoms with Gasteiger partial charge in [-0.1, -0.05) is 0 Å². The van der Waals surface area contributed by atoms with Gasteiger partial charge in [0.2, 0.25) is 0 Å². The molecule has 0 aromatic heterocycles. The molecular weight excluding hydrogens is 166 g/mol. The second-order valence-corrected chi connectivity index (χ2v) is 2.53. The van der Waals surface area contributed by atoms with Crippen molar-refractivity contribution in [1.82, 2.24) is 0 Å². The van der Waals surface area contributed by atoms with Crippen molar-refractivity contribution in [2.45, 2.75) is 6.92 Å². The van der Waals surface area contributed by atoms with Crippen molar-refractivity contribution in [3.05, 3.63) is 24.3 Å². The SMILES string of the molecule is CCN=C(N)Nc1ccc(O)cc1. The summed E-state index contributed by atoms with van der Waals surface area (Å²) >= 11 is 0. The average Bonchev–Trinajstić information content (AvgIpc) is 2.09. The predicted molar refractivity (Wildman–Crippen MR) is 53.9 cm³/mol. The quantitative estimate of drug-likeness (QED) is 0.362. The lowest BCUT2D eigenvalue weighted by atomic mass is 10.3. The summed E-state index contributed by atoms with van der Waals surface area (Å²) in [5.41, 5.74) is 6.34. The van der Waals surface area contributed by atoms with Crippen LogP contribution >= 0.6 is 0 Å². The van der Waals surface area contributed by atoms with E-state index in [0.717, 1.165) is 5.69 Å². The van der Waals surface area contributed by atoms with E-state index >= 15 is 0 Å². The molecule has 0 atom stereocenters. The third-order valence-corrected chi connectivity index (χ3v) is 1.47. The van der Waals surface area contributed by atoms with Crippen LogP contribution in [0, 0.1) is 0 Å². The molecular formula is C9H13N3O. The van der Waals surface area contributed by atoms with Crippen LogP contribution in [0.15, 0.2) is 29.3 Å². The zero-order valence-electron chi connectivity index (χ0n) is 7.49. The van der Waals surface area contributed by atoms with Gasteiger partial charge in [0.25, 0.3) is 0 Å². The van der Waals surface area contributed by atoms with Gasteiger partial charge >= 0.3 is 0 Å². The Hall–Kier alpha value is -1.71. The molecule has 0 radical (unpaired) electrons. The lowest BCUT2D eigenvalue weighted by molar-refractivity contribution is 0.475. The first-order valence-corrected chi connectivity index (χ1v) is 4.08. The summed E-state index contributed by atoms with van der Waals surface area (Å²) in [6.07, 6.45) is 0. The molecule has 0 bridgehead atoms. The number of anilines is 1. The monoisotopic (exact) mass is 179 g/mol. The van der Waals surface area contributed by atoms with Gasteiger partial charge in [-0.3, -0.25) is 4.99 Å². The van der Waals surface area contributed by atoms with E-state index < -0.39 is 0 Å². The molecule has 4 nitrogen and oxygen atoms in total. The summed E-state index contributed by atoms with van der Waals surface area (Å²) in [7, 11) is 0. The third kappa shape index (κ3) is 3.02. The number of phenols is 1. The Balaban J connectivity index is 2.64. The third-order valence-electron chi connectivity index (χ3n) is 1.47. The van der Waals surface area contributed by atoms with E-state index in [4.69, 9.17) is 10.8 Å². The van der Waals surface area contributed by atoms with E-state index in [0.29, 0.717) is 12.5 Å². The number of nitrogens with zero attached hydrogens (tertiary/aromatic N) is 1. The van der Waals surface area contributed by atoms with E-state index in [2.05, 4.69) is 10.3 Å². The van der Waals surface area contributed by atoms with Gasteiger partial charge in [0.05, 0.1) is 0 Å². The number of nitrogens with one attached hydrogen (secondary N) is 1. The minimum absolute atomic E-state index is 0.233. The van der Waals surface area contributed by atoms with Gasteiger partial charge in [-0.2, -0.15) is 0 Å². The van der Waals surface area contributed by atoms with E-state index in [9.17, 15) is 0 Å². The van der Waals surface area contributed by atoms with Gasteiger partial charge in [0, 0.05) is 12.2 Å². The average molecular weight is 179 g/mol. The van der Waals surface area contributed by atoms with E-state index in [1.807, 2.05) is 6.92 Å². The maximum absolute atomic E-state index is 9.00. The highest BCUT2D eigenvalue weighted by Crippen LogP contribution is 2.12. The minimum Gasteiger partial charge on any atom is -0.508 e. The zero-order valence-corrected chi connectivity index (χ0v) is 7.49. The van der Waals surface area contributed by atoms with Crippen LogP contribution in [-0.2, 0) is 0 Å². The molecule has 1 aromatic rings. The van der Waals surface area contributed by atoms with Gasteiger partial charge in [-0.05, 0) is 31.2 Å². The lowest BCUT2D eigenvalue weighted by Crippen LogP contribution is -2.22. The Morgan fingerprint density at radius 3 is 2.62 bits per heavy atom. The Labute approximate surface area is 77.1 Å². The van der Waals surface area contributed by atoms with Crippen LogP contribution in [-0.4, -0.2) is 17.6 Å². The first-order valence-electron chi connectivity index (χ1n) is 4.08. The fraction of sp³-hybridized carbons (Fsp3) is 0.222. The highest BCUT2D eigenvalue weighted by atomic mass is 16.3. The van der Waals surface area contributed by atoms with Crippen molar-refractivity contribution < 1.29 is 5.11 Å². The van der Waals surface area contributed by atoms with E-state index in [1.165, 1.54) is 0 Å². The smallest absolute Gasteiger partial charge is 0.193 e. The molecule has 0 aliphatic carbocycles. The molecule has 0 unspecified atom stereocenters. The van der Waals surface area contributed by atoms with Crippen molar-refractivity contribution >= 4 is 11.6 Å². The van der Waals surface area contributed by atoms with Crippen LogP contribution in [0.5, 0.6) is 5.75 Å². The summed E-state index contributed by atoms with van der Waals surface area (Å²) in [4.78, 5) is 3.96. The fourth-order valence-corrected chi connectivity index (χ4v) is 0.903. The van der Waals surface area contributed by atoms with Crippen molar-refractivity contribution in [2.75, 3.05) is 11.9 Å². The Kier molecular flexibility index (Phi) is 3.14. The number of nitrogens with two attached hydrogens (primary N) is 1. The van der Waals surface area contributed by atoms with Gasteiger partial charge < -0.3 is 16.2 Å². The van der Waals surface area contributed by atoms with Gasteiger partial charge in [-0.25, -0.2) is 0 Å². The van der Waals surface area contributed by atoms with Gasteiger partial charge in [-0.15, -0.1) is 0 Å². The number of phenolic OH excluding ortho intramolecular Hbond substituents is 1. The normalized spacial score (nSPS) is 11.3. The largest absolute Gasteiger partial charge is 0.508 e. The van der Waals surface area contributed by atoms with Crippen LogP contribution in [0.25, 0.3) is 0 Å². The Morgan fingerprint density at radius 1 is 1.46 bits per heavy atom. The topological polar surface area (TPSA) is 70.6 Å². The molecule has 0 fully saturated rings. The molecule has 1 rings (SSSR count). The van der Waals surface area contributed by atoms with Crippen LogP contribution in [0.2, 0.25) is 0 Å². The number of hydrogen-bond donors (Lipinski definition) is 3. The summed E-state index contributed by atoms with van der Waals surface area (Å²) in [5, 5.41) is 11.9. The number of benzene rings is 1. The highest BCUT2D eigenvalue weighted by molar-refractivity contribution is 5.92. The maximum Gasteiger partial charge on any atom is 0.193 e. The Bertz CT molecular complexity index is 292. The van der Waals surface area contributed by atoms with Crippen molar-refractivity contribution in [1.29, 1.82) is 0 Å². The first-order chi connectivity index (χ1) is 6.22. The molecule has 0 heterocycles. The maximum atomic E-state index is 9.00. The van der Waals surface area contributed by atoms with Crippen molar-refractivity contribution in [2.24, 2.45) is 10.7 Å². The molecule has 0 amide bonds. The van der Waals surface area contributed by atoms with Crippen LogP contribution in [0.3, 0.4) is 0 Å². The van der Waals surface area contributed by atoms with Crippen molar-refractivity contribution in [3.8, 4) is 5.75 Å². The number of rotatable bonds is 2. The second kappa shape index (κ2) is 4.35. The molecule has 1 aromatic carbocycles. The fourth-order valence-electron chi connectivity index (χ4n) is 0.903. The van der Waals surface area contributed by atoms with Crippen LogP contribution in [0.1, 0.15) is 6.92 Å². The lowest BCUT2D eigenvalue weighted by Gasteiger charge is -2.04. The molecule has 4 N–H and O–H groups in total. The molecule has 0 aliphatic rings. The zero-order chi connectivity index (χ0) is 9.68. The summed E-state index contributed by atoms with van der Waals surface area (Å²) in [6.45, 7) is 2.56. The van der Waals surface area contributed by atoms with E-state index in [-0.39, 0.29) is 5.75 Å². The van der Waals surface area contributed by atoms with Crippen molar-refractivity contribution in [3.63, 3.8) is 0 Å². The molecule has 70 valence electrons. The number of hydrogen-bond acceptors (Lipinski definition) is 2. The number of guanidine groups is 1. The molecule has 13 heavy (non-hydrogen) atoms. The molecule has 0 saturated heterocycles. The second-order valence-electron chi connectivity index (χ2n) is 2.53. The Morgan fingerprint density at radius 2 is 2.08 bits per heavy atom. The summed E-state index contributed by atoms with van der Waals surface area (Å²) in [5.74, 6) is 0.616. The predicted octanol–water partition coefficient (Wildman–Crippen LogP) is 1.14. The van der Waals surface area contributed by atoms with E-state index in [1.54, 1.807) is 24.3 Å². The van der Waals surface area contributed by atoms with Gasteiger partial charge in [0.1, 0.15) is 5.75 Å². The summed E-state index contributed by atoms with van der Waals surface area (Å²) < 4.78 is 0. The molecule has 4 heteroatoms. The van der Waals surface area contributed by atoms with Crippen LogP contribution < -0.4 is 11.1 Å². The summed E-state index contributed by atoms with van der Waals surface area (Å²) in [6, 6.07) is 6.63. The molecule has 0 saturated carbocycles. The molecule has 0 spiro atoms. The van der Waals surface area contributed by atoms with Crippen LogP contribution in [0.4, 0.5) is 5.69 Å². The first kappa shape index (κ1) is 9.38. The minimum atomic E-state index is 0.233. The standard InChI is InChI=1S/C9H13N3O/c1-2-11-9(10)12-7-3-5-8(13)6-4-7/h3-6,13H,2H2,1H3,(H3,10,11,12). The molecule has 0 aliphatic heterocycles.